The normalized spacial score (nSPS) is 14.0. The molecule has 0 saturated carbocycles. The molecule has 0 fully saturated rings. The maximum absolute atomic E-state index is 12.1. The molecule has 0 aliphatic heterocycles. The SMILES string of the molecule is CC(C)C(=O)OCC(O)(C(F)(F)F)C(F)(F)F. The van der Waals surface area contributed by atoms with Gasteiger partial charge in [0.2, 0.25) is 0 Å². The van der Waals surface area contributed by atoms with Gasteiger partial charge in [0.1, 0.15) is 6.61 Å². The topological polar surface area (TPSA) is 46.5 Å². The predicted octanol–water partition coefficient (Wildman–Crippen LogP) is 2.04. The molecule has 0 radical (unpaired) electrons. The zero-order chi connectivity index (χ0) is 14.1. The lowest BCUT2D eigenvalue weighted by atomic mass is 10.0. The second kappa shape index (κ2) is 4.71. The zero-order valence-corrected chi connectivity index (χ0v) is 8.82. The van der Waals surface area contributed by atoms with Crippen LogP contribution >= 0.6 is 0 Å². The number of hydrogen-bond acceptors (Lipinski definition) is 3. The number of hydrogen-bond donors (Lipinski definition) is 1. The van der Waals surface area contributed by atoms with Crippen molar-refractivity contribution in [1.29, 1.82) is 0 Å². The number of rotatable bonds is 3. The molecule has 0 aromatic heterocycles. The summed E-state index contributed by atoms with van der Waals surface area (Å²) in [5, 5.41) is 8.59. The van der Waals surface area contributed by atoms with Crippen LogP contribution in [0.2, 0.25) is 0 Å². The first kappa shape index (κ1) is 16.0. The van der Waals surface area contributed by atoms with E-state index in [0.29, 0.717) is 0 Å². The van der Waals surface area contributed by atoms with Gasteiger partial charge >= 0.3 is 18.3 Å². The van der Waals surface area contributed by atoms with E-state index < -0.39 is 36.4 Å². The summed E-state index contributed by atoms with van der Waals surface area (Å²) < 4.78 is 76.3. The van der Waals surface area contributed by atoms with Gasteiger partial charge in [-0.05, 0) is 0 Å². The molecule has 0 bridgehead atoms. The maximum Gasteiger partial charge on any atom is 0.429 e. The van der Waals surface area contributed by atoms with Gasteiger partial charge in [-0.2, -0.15) is 26.3 Å². The fourth-order valence-corrected chi connectivity index (χ4v) is 0.667. The Balaban J connectivity index is 4.95. The van der Waals surface area contributed by atoms with Crippen molar-refractivity contribution in [3.63, 3.8) is 0 Å². The molecule has 102 valence electrons. The highest BCUT2D eigenvalue weighted by molar-refractivity contribution is 5.71. The van der Waals surface area contributed by atoms with Gasteiger partial charge in [-0.15, -0.1) is 0 Å². The number of carbonyl (C=O) groups is 1. The number of alkyl halides is 6. The number of esters is 1. The Morgan fingerprint density at radius 3 is 1.71 bits per heavy atom. The summed E-state index contributed by atoms with van der Waals surface area (Å²) >= 11 is 0. The van der Waals surface area contributed by atoms with Crippen LogP contribution in [0.1, 0.15) is 13.8 Å². The van der Waals surface area contributed by atoms with E-state index in [1.54, 1.807) is 0 Å². The maximum atomic E-state index is 12.1. The molecule has 0 spiro atoms. The highest BCUT2D eigenvalue weighted by atomic mass is 19.4. The highest BCUT2D eigenvalue weighted by Crippen LogP contribution is 2.43. The molecule has 3 nitrogen and oxygen atoms in total. The van der Waals surface area contributed by atoms with Crippen molar-refractivity contribution in [3.8, 4) is 0 Å². The third kappa shape index (κ3) is 3.48. The average Bonchev–Trinajstić information content (AvgIpc) is 2.09. The van der Waals surface area contributed by atoms with Crippen LogP contribution in [0.4, 0.5) is 26.3 Å². The van der Waals surface area contributed by atoms with Crippen LogP contribution in [0.25, 0.3) is 0 Å². The van der Waals surface area contributed by atoms with E-state index in [1.165, 1.54) is 13.8 Å². The molecule has 0 aliphatic rings. The molecule has 0 amide bonds. The van der Waals surface area contributed by atoms with E-state index in [1.807, 2.05) is 0 Å². The van der Waals surface area contributed by atoms with Crippen LogP contribution in [0, 0.1) is 5.92 Å². The van der Waals surface area contributed by atoms with E-state index in [0.717, 1.165) is 0 Å². The lowest BCUT2D eigenvalue weighted by Crippen LogP contribution is -2.60. The van der Waals surface area contributed by atoms with Gasteiger partial charge in [-0.1, -0.05) is 13.8 Å². The van der Waals surface area contributed by atoms with Crippen molar-refractivity contribution in [3.05, 3.63) is 0 Å². The molecule has 0 atom stereocenters. The van der Waals surface area contributed by atoms with Gasteiger partial charge in [0.05, 0.1) is 5.92 Å². The summed E-state index contributed by atoms with van der Waals surface area (Å²) in [6.07, 6.45) is -12.0. The van der Waals surface area contributed by atoms with Gasteiger partial charge in [0.25, 0.3) is 5.60 Å². The Morgan fingerprint density at radius 2 is 1.47 bits per heavy atom. The number of halogens is 6. The summed E-state index contributed by atoms with van der Waals surface area (Å²) in [6.45, 7) is 0.238. The summed E-state index contributed by atoms with van der Waals surface area (Å²) in [6, 6.07) is 0. The standard InChI is InChI=1S/C8H10F6O3/c1-4(2)5(15)17-3-6(16,7(9,10)11)8(12,13)14/h4,16H,3H2,1-2H3. The van der Waals surface area contributed by atoms with E-state index in [9.17, 15) is 31.1 Å². The van der Waals surface area contributed by atoms with Crippen LogP contribution in [-0.4, -0.2) is 35.6 Å². The van der Waals surface area contributed by atoms with E-state index in [2.05, 4.69) is 4.74 Å². The summed E-state index contributed by atoms with van der Waals surface area (Å²) in [5.41, 5.74) is -5.05. The number of ether oxygens (including phenoxy) is 1. The Kier molecular flexibility index (Phi) is 4.44. The minimum atomic E-state index is -5.98. The molecule has 0 heterocycles. The number of aliphatic hydroxyl groups is 1. The molecule has 0 aliphatic carbocycles. The summed E-state index contributed by atoms with van der Waals surface area (Å²) in [4.78, 5) is 10.8. The van der Waals surface area contributed by atoms with Crippen LogP contribution in [0.5, 0.6) is 0 Å². The van der Waals surface area contributed by atoms with Crippen molar-refractivity contribution in [2.24, 2.45) is 5.92 Å². The van der Waals surface area contributed by atoms with E-state index in [4.69, 9.17) is 5.11 Å². The molecule has 9 heteroatoms. The Morgan fingerprint density at radius 1 is 1.12 bits per heavy atom. The van der Waals surface area contributed by atoms with Gasteiger partial charge in [0, 0.05) is 0 Å². The monoisotopic (exact) mass is 268 g/mol. The fourth-order valence-electron chi connectivity index (χ4n) is 0.667. The van der Waals surface area contributed by atoms with Crippen LogP contribution in [0.15, 0.2) is 0 Å². The summed E-state index contributed by atoms with van der Waals surface area (Å²) in [5.74, 6) is -2.17. The molecule has 0 aromatic carbocycles. The van der Waals surface area contributed by atoms with Crippen molar-refractivity contribution in [2.75, 3.05) is 6.61 Å². The largest absolute Gasteiger partial charge is 0.462 e. The first-order chi connectivity index (χ1) is 7.33. The van der Waals surface area contributed by atoms with Crippen LogP contribution in [-0.2, 0) is 9.53 Å². The third-order valence-electron chi connectivity index (χ3n) is 1.83. The first-order valence-electron chi connectivity index (χ1n) is 4.35. The van der Waals surface area contributed by atoms with Crippen LogP contribution in [0.3, 0.4) is 0 Å². The fraction of sp³-hybridized carbons (Fsp3) is 0.875. The molecular formula is C8H10F6O3. The Hall–Kier alpha value is -0.990. The minimum Gasteiger partial charge on any atom is -0.462 e. The van der Waals surface area contributed by atoms with Gasteiger partial charge < -0.3 is 9.84 Å². The van der Waals surface area contributed by atoms with Crippen molar-refractivity contribution in [2.45, 2.75) is 31.8 Å². The third-order valence-corrected chi connectivity index (χ3v) is 1.83. The predicted molar refractivity (Wildman–Crippen MR) is 42.9 cm³/mol. The minimum absolute atomic E-state index is 0.902. The smallest absolute Gasteiger partial charge is 0.429 e. The first-order valence-corrected chi connectivity index (χ1v) is 4.35. The average molecular weight is 268 g/mol. The molecule has 0 unspecified atom stereocenters. The molecule has 1 N–H and O–H groups in total. The summed E-state index contributed by atoms with van der Waals surface area (Å²) in [7, 11) is 0. The van der Waals surface area contributed by atoms with Gasteiger partial charge in [-0.25, -0.2) is 0 Å². The van der Waals surface area contributed by atoms with Crippen molar-refractivity contribution >= 4 is 5.97 Å². The molecular weight excluding hydrogens is 258 g/mol. The van der Waals surface area contributed by atoms with Crippen molar-refractivity contribution in [1.82, 2.24) is 0 Å². The van der Waals surface area contributed by atoms with E-state index >= 15 is 0 Å². The lowest BCUT2D eigenvalue weighted by molar-refractivity contribution is -0.375. The molecule has 0 saturated heterocycles. The molecule has 0 rings (SSSR count). The Labute approximate surface area is 92.4 Å². The Bertz CT molecular complexity index is 266. The quantitative estimate of drug-likeness (QED) is 0.629. The molecule has 17 heavy (non-hydrogen) atoms. The van der Waals surface area contributed by atoms with Crippen molar-refractivity contribution < 1.29 is 41.0 Å². The highest BCUT2D eigenvalue weighted by Gasteiger charge is 2.71. The molecule has 0 aromatic rings. The second-order valence-corrected chi connectivity index (χ2v) is 3.62. The van der Waals surface area contributed by atoms with Gasteiger partial charge in [-0.3, -0.25) is 4.79 Å². The lowest BCUT2D eigenvalue weighted by Gasteiger charge is -2.31. The second-order valence-electron chi connectivity index (χ2n) is 3.62. The van der Waals surface area contributed by atoms with Gasteiger partial charge in [0.15, 0.2) is 0 Å². The number of carbonyl (C=O) groups excluding carboxylic acids is 1. The van der Waals surface area contributed by atoms with E-state index in [-0.39, 0.29) is 0 Å². The zero-order valence-electron chi connectivity index (χ0n) is 8.82. The van der Waals surface area contributed by atoms with Crippen LogP contribution < -0.4 is 0 Å².